The first-order chi connectivity index (χ1) is 14.3. The lowest BCUT2D eigenvalue weighted by Crippen LogP contribution is -2.33. The molecule has 156 valence electrons. The first-order valence-corrected chi connectivity index (χ1v) is 11.0. The molecule has 1 heterocycles. The Morgan fingerprint density at radius 3 is 1.93 bits per heavy atom. The molecule has 5 nitrogen and oxygen atoms in total. The van der Waals surface area contributed by atoms with Crippen molar-refractivity contribution in [2.75, 3.05) is 6.54 Å². The van der Waals surface area contributed by atoms with Crippen molar-refractivity contribution in [1.82, 2.24) is 20.5 Å². The van der Waals surface area contributed by atoms with Crippen LogP contribution in [0.2, 0.25) is 0 Å². The van der Waals surface area contributed by atoms with Crippen LogP contribution in [0.4, 0.5) is 0 Å². The molecule has 3 aromatic rings. The summed E-state index contributed by atoms with van der Waals surface area (Å²) >= 11 is 1.32. The van der Waals surface area contributed by atoms with Crippen LogP contribution < -0.4 is 5.32 Å². The minimum atomic E-state index is -0.304. The zero-order valence-corrected chi connectivity index (χ0v) is 19.0. The fourth-order valence-corrected chi connectivity index (χ4v) is 3.58. The van der Waals surface area contributed by atoms with Gasteiger partial charge in [0, 0.05) is 17.7 Å². The van der Waals surface area contributed by atoms with Crippen molar-refractivity contribution in [3.05, 3.63) is 59.7 Å². The van der Waals surface area contributed by atoms with E-state index in [0.717, 1.165) is 22.5 Å². The van der Waals surface area contributed by atoms with Crippen LogP contribution in [0.3, 0.4) is 0 Å². The Morgan fingerprint density at radius 2 is 1.40 bits per heavy atom. The highest BCUT2D eigenvalue weighted by Crippen LogP contribution is 2.31. The van der Waals surface area contributed by atoms with E-state index in [1.165, 1.54) is 22.9 Å². The van der Waals surface area contributed by atoms with Gasteiger partial charge in [-0.25, -0.2) is 4.98 Å². The van der Waals surface area contributed by atoms with Gasteiger partial charge in [0.2, 0.25) is 11.1 Å². The molecule has 6 heteroatoms. The molecule has 0 saturated carbocycles. The van der Waals surface area contributed by atoms with Gasteiger partial charge in [0.05, 0.1) is 5.25 Å². The highest BCUT2D eigenvalue weighted by molar-refractivity contribution is 8.00. The van der Waals surface area contributed by atoms with E-state index < -0.39 is 0 Å². The number of nitrogens with one attached hydrogen (secondary N) is 1. The number of carbonyl (C=O) groups excluding carboxylic acids is 1. The Bertz CT molecular complexity index is 1000. The largest absolute Gasteiger partial charge is 0.355 e. The topological polar surface area (TPSA) is 67.8 Å². The fourth-order valence-electron chi connectivity index (χ4n) is 2.84. The van der Waals surface area contributed by atoms with E-state index in [0.29, 0.717) is 17.6 Å². The van der Waals surface area contributed by atoms with E-state index in [4.69, 9.17) is 4.98 Å². The van der Waals surface area contributed by atoms with Crippen LogP contribution in [0.1, 0.15) is 31.9 Å². The van der Waals surface area contributed by atoms with Crippen LogP contribution in [-0.2, 0) is 4.79 Å². The summed E-state index contributed by atoms with van der Waals surface area (Å²) in [6.45, 7) is 10.8. The lowest BCUT2D eigenvalue weighted by molar-refractivity contribution is -0.120. The maximum atomic E-state index is 12.4. The minimum absolute atomic E-state index is 0.0169. The van der Waals surface area contributed by atoms with Gasteiger partial charge in [0.1, 0.15) is 11.4 Å². The van der Waals surface area contributed by atoms with E-state index >= 15 is 0 Å². The number of aryl methyl sites for hydroxylation is 2. The summed E-state index contributed by atoms with van der Waals surface area (Å²) in [5.74, 6) is 0.391. The van der Waals surface area contributed by atoms with Gasteiger partial charge < -0.3 is 5.32 Å². The number of aromatic nitrogens is 3. The molecule has 0 fully saturated rings. The summed E-state index contributed by atoms with van der Waals surface area (Å²) in [6, 6.07) is 16.4. The Morgan fingerprint density at radius 1 is 0.867 bits per heavy atom. The highest BCUT2D eigenvalue weighted by Gasteiger charge is 2.19. The lowest BCUT2D eigenvalue weighted by Gasteiger charge is -2.14. The second-order valence-corrected chi connectivity index (χ2v) is 9.23. The molecule has 0 unspecified atom stereocenters. The molecule has 3 rings (SSSR count). The number of carbonyl (C=O) groups is 1. The summed E-state index contributed by atoms with van der Waals surface area (Å²) in [5, 5.41) is 12.0. The molecule has 2 aromatic carbocycles. The smallest absolute Gasteiger partial charge is 0.233 e. The van der Waals surface area contributed by atoms with Crippen molar-refractivity contribution >= 4 is 17.7 Å². The number of hydrogen-bond acceptors (Lipinski definition) is 5. The fraction of sp³-hybridized carbons (Fsp3) is 0.333. The van der Waals surface area contributed by atoms with Crippen molar-refractivity contribution in [2.45, 2.75) is 45.0 Å². The van der Waals surface area contributed by atoms with E-state index in [1.807, 2.05) is 31.2 Å². The lowest BCUT2D eigenvalue weighted by atomic mass is 10.0. The number of thioether (sulfide) groups is 1. The van der Waals surface area contributed by atoms with E-state index in [1.54, 1.807) is 0 Å². The van der Waals surface area contributed by atoms with Crippen LogP contribution in [-0.4, -0.2) is 32.9 Å². The van der Waals surface area contributed by atoms with Crippen LogP contribution in [0.5, 0.6) is 0 Å². The van der Waals surface area contributed by atoms with E-state index in [9.17, 15) is 4.79 Å². The highest BCUT2D eigenvalue weighted by atomic mass is 32.2. The zero-order valence-electron chi connectivity index (χ0n) is 18.1. The predicted molar refractivity (Wildman–Crippen MR) is 123 cm³/mol. The number of amides is 1. The monoisotopic (exact) mass is 420 g/mol. The third-order valence-corrected chi connectivity index (χ3v) is 5.60. The Kier molecular flexibility index (Phi) is 7.21. The van der Waals surface area contributed by atoms with Gasteiger partial charge in [-0.05, 0) is 26.7 Å². The standard InChI is InChI=1S/C24H28N4OS/c1-15(2)14-25-23(29)18(5)30-24-26-21(19-10-6-16(3)7-11-19)22(27-28-24)20-12-8-17(4)9-13-20/h6-13,15,18H,14H2,1-5H3,(H,25,29)/t18-/m0/s1. The van der Waals surface area contributed by atoms with Crippen LogP contribution >= 0.6 is 11.8 Å². The molecule has 1 amide bonds. The number of rotatable bonds is 7. The average molecular weight is 421 g/mol. The van der Waals surface area contributed by atoms with Gasteiger partial charge in [-0.2, -0.15) is 0 Å². The summed E-state index contributed by atoms with van der Waals surface area (Å²) in [5.41, 5.74) is 5.82. The SMILES string of the molecule is Cc1ccc(-c2nnc(S[C@@H](C)C(=O)NCC(C)C)nc2-c2ccc(C)cc2)cc1. The molecule has 0 aliphatic carbocycles. The molecule has 0 aliphatic rings. The van der Waals surface area contributed by atoms with Gasteiger partial charge in [-0.15, -0.1) is 10.2 Å². The molecule has 30 heavy (non-hydrogen) atoms. The van der Waals surface area contributed by atoms with Gasteiger partial charge in [0.25, 0.3) is 0 Å². The molecule has 0 saturated heterocycles. The normalized spacial score (nSPS) is 12.1. The van der Waals surface area contributed by atoms with Gasteiger partial charge in [0.15, 0.2) is 0 Å². The minimum Gasteiger partial charge on any atom is -0.355 e. The molecule has 0 radical (unpaired) electrons. The molecule has 1 atom stereocenters. The second-order valence-electron chi connectivity index (χ2n) is 7.92. The summed E-state index contributed by atoms with van der Waals surface area (Å²) in [4.78, 5) is 17.2. The van der Waals surface area contributed by atoms with E-state index in [2.05, 4.69) is 67.5 Å². The van der Waals surface area contributed by atoms with Crippen LogP contribution in [0, 0.1) is 19.8 Å². The van der Waals surface area contributed by atoms with Crippen molar-refractivity contribution in [2.24, 2.45) is 5.92 Å². The van der Waals surface area contributed by atoms with E-state index in [-0.39, 0.29) is 11.2 Å². The summed E-state index contributed by atoms with van der Waals surface area (Å²) in [7, 11) is 0. The number of hydrogen-bond donors (Lipinski definition) is 1. The molecular formula is C24H28N4OS. The molecule has 0 bridgehead atoms. The Labute approximate surface area is 182 Å². The van der Waals surface area contributed by atoms with Gasteiger partial charge in [-0.1, -0.05) is 85.3 Å². The second kappa shape index (κ2) is 9.85. The third-order valence-electron chi connectivity index (χ3n) is 4.65. The van der Waals surface area contributed by atoms with Crippen molar-refractivity contribution in [3.63, 3.8) is 0 Å². The van der Waals surface area contributed by atoms with Crippen molar-refractivity contribution in [1.29, 1.82) is 0 Å². The first kappa shape index (κ1) is 22.0. The van der Waals surface area contributed by atoms with Gasteiger partial charge in [-0.3, -0.25) is 4.79 Å². The maximum Gasteiger partial charge on any atom is 0.233 e. The third kappa shape index (κ3) is 5.66. The molecule has 0 spiro atoms. The quantitative estimate of drug-likeness (QED) is 0.540. The predicted octanol–water partition coefficient (Wildman–Crippen LogP) is 5.08. The summed E-state index contributed by atoms with van der Waals surface area (Å²) in [6.07, 6.45) is 0. The van der Waals surface area contributed by atoms with Crippen LogP contribution in [0.15, 0.2) is 53.7 Å². The maximum absolute atomic E-state index is 12.4. The molecule has 1 N–H and O–H groups in total. The average Bonchev–Trinajstić information content (AvgIpc) is 2.73. The molecule has 1 aromatic heterocycles. The zero-order chi connectivity index (χ0) is 21.7. The number of nitrogens with zero attached hydrogens (tertiary/aromatic N) is 3. The Hall–Kier alpha value is -2.73. The van der Waals surface area contributed by atoms with Crippen molar-refractivity contribution in [3.8, 4) is 22.5 Å². The Balaban J connectivity index is 1.93. The summed E-state index contributed by atoms with van der Waals surface area (Å²) < 4.78 is 0. The number of benzene rings is 2. The van der Waals surface area contributed by atoms with Crippen LogP contribution in [0.25, 0.3) is 22.5 Å². The molecular weight excluding hydrogens is 392 g/mol. The first-order valence-electron chi connectivity index (χ1n) is 10.2. The van der Waals surface area contributed by atoms with Gasteiger partial charge >= 0.3 is 0 Å². The molecule has 0 aliphatic heterocycles. The van der Waals surface area contributed by atoms with Crippen molar-refractivity contribution < 1.29 is 4.79 Å².